The summed E-state index contributed by atoms with van der Waals surface area (Å²) in [6.45, 7) is 0.992. The molecule has 0 aromatic heterocycles. The van der Waals surface area contributed by atoms with Crippen molar-refractivity contribution in [1.82, 2.24) is 0 Å². The molecule has 0 saturated carbocycles. The Labute approximate surface area is 168 Å². The lowest BCUT2D eigenvalue weighted by Gasteiger charge is -2.16. The van der Waals surface area contributed by atoms with Crippen molar-refractivity contribution in [2.75, 3.05) is 10.6 Å². The first-order valence-electron chi connectivity index (χ1n) is 8.08. The molecule has 2 aromatic carbocycles. The first-order chi connectivity index (χ1) is 14.0. The van der Waals surface area contributed by atoms with Crippen molar-refractivity contribution in [3.8, 4) is 0 Å². The maximum absolute atomic E-state index is 12.9. The molecule has 0 radical (unpaired) electrons. The summed E-state index contributed by atoms with van der Waals surface area (Å²) in [5, 5.41) is 3.91. The molecule has 2 amide bonds. The lowest BCUT2D eigenvalue weighted by molar-refractivity contribution is -0.143. The fraction of sp³-hybridized carbons (Fsp3) is 0.222. The predicted molar refractivity (Wildman–Crippen MR) is 90.1 cm³/mol. The van der Waals surface area contributed by atoms with Gasteiger partial charge >= 0.3 is 18.5 Å². The Balaban J connectivity index is 2.54. The minimum absolute atomic E-state index is 0.121. The molecular formula is C18H11F9N2O2. The molecular weight excluding hydrogens is 447 g/mol. The van der Waals surface area contributed by atoms with E-state index in [4.69, 9.17) is 0 Å². The van der Waals surface area contributed by atoms with Gasteiger partial charge in [-0.1, -0.05) is 0 Å². The molecule has 0 saturated heterocycles. The van der Waals surface area contributed by atoms with Crippen LogP contribution in [0.3, 0.4) is 0 Å². The van der Waals surface area contributed by atoms with E-state index in [1.54, 1.807) is 0 Å². The van der Waals surface area contributed by atoms with E-state index in [1.165, 1.54) is 0 Å². The van der Waals surface area contributed by atoms with Crippen LogP contribution in [0.2, 0.25) is 0 Å². The van der Waals surface area contributed by atoms with Crippen molar-refractivity contribution in [2.24, 2.45) is 0 Å². The van der Waals surface area contributed by atoms with Crippen molar-refractivity contribution in [3.63, 3.8) is 0 Å². The summed E-state index contributed by atoms with van der Waals surface area (Å²) < 4.78 is 117. The van der Waals surface area contributed by atoms with Gasteiger partial charge in [0.25, 0.3) is 5.91 Å². The highest BCUT2D eigenvalue weighted by atomic mass is 19.4. The number of halogens is 9. The molecule has 168 valence electrons. The first-order valence-corrected chi connectivity index (χ1v) is 8.08. The molecule has 0 spiro atoms. The largest absolute Gasteiger partial charge is 0.416 e. The number of rotatable bonds is 3. The van der Waals surface area contributed by atoms with Gasteiger partial charge in [0, 0.05) is 12.5 Å². The van der Waals surface area contributed by atoms with Gasteiger partial charge in [0.2, 0.25) is 5.91 Å². The minimum atomic E-state index is -5.23. The van der Waals surface area contributed by atoms with Crippen molar-refractivity contribution in [1.29, 1.82) is 0 Å². The Morgan fingerprint density at radius 3 is 1.55 bits per heavy atom. The maximum Gasteiger partial charge on any atom is 0.416 e. The number of hydrogen-bond acceptors (Lipinski definition) is 2. The highest BCUT2D eigenvalue weighted by molar-refractivity contribution is 6.07. The zero-order valence-corrected chi connectivity index (χ0v) is 15.2. The standard InChI is InChI=1S/C18H11F9N2O2/c1-8(30)28-13-3-2-10(16(19,20)21)7-14(13)29-15(31)9-4-11(17(22,23)24)6-12(5-9)18(25,26)27/h2-7H,1H3,(H,28,30)(H,29,31). The Bertz CT molecular complexity index is 976. The highest BCUT2D eigenvalue weighted by Gasteiger charge is 2.37. The first kappa shape index (κ1) is 24.0. The number of hydrogen-bond donors (Lipinski definition) is 2. The Morgan fingerprint density at radius 2 is 1.13 bits per heavy atom. The van der Waals surface area contributed by atoms with Gasteiger partial charge in [-0.05, 0) is 36.4 Å². The molecule has 0 heterocycles. The molecule has 2 aromatic rings. The average molecular weight is 458 g/mol. The van der Waals surface area contributed by atoms with Gasteiger partial charge in [-0.3, -0.25) is 9.59 Å². The third-order valence-corrected chi connectivity index (χ3v) is 3.76. The monoisotopic (exact) mass is 458 g/mol. The summed E-state index contributed by atoms with van der Waals surface area (Å²) in [6, 6.07) is 1.75. The van der Waals surface area contributed by atoms with Crippen LogP contribution in [0.5, 0.6) is 0 Å². The van der Waals surface area contributed by atoms with Crippen LogP contribution in [0.4, 0.5) is 50.9 Å². The molecule has 0 aliphatic carbocycles. The van der Waals surface area contributed by atoms with Crippen LogP contribution >= 0.6 is 0 Å². The fourth-order valence-electron chi connectivity index (χ4n) is 2.40. The zero-order chi connectivity index (χ0) is 23.8. The number of anilines is 2. The zero-order valence-electron chi connectivity index (χ0n) is 15.2. The van der Waals surface area contributed by atoms with Crippen LogP contribution in [0.1, 0.15) is 34.0 Å². The fourth-order valence-corrected chi connectivity index (χ4v) is 2.40. The molecule has 0 bridgehead atoms. The number of benzene rings is 2. The predicted octanol–water partition coefficient (Wildman–Crippen LogP) is 5.95. The van der Waals surface area contributed by atoms with Crippen LogP contribution in [-0.4, -0.2) is 11.8 Å². The summed E-state index contributed by atoms with van der Waals surface area (Å²) in [4.78, 5) is 23.5. The summed E-state index contributed by atoms with van der Waals surface area (Å²) >= 11 is 0. The van der Waals surface area contributed by atoms with Gasteiger partial charge < -0.3 is 10.6 Å². The van der Waals surface area contributed by atoms with Crippen LogP contribution in [0.25, 0.3) is 0 Å². The van der Waals surface area contributed by atoms with Crippen LogP contribution < -0.4 is 10.6 Å². The van der Waals surface area contributed by atoms with E-state index in [1.807, 2.05) is 5.32 Å². The molecule has 0 unspecified atom stereocenters. The van der Waals surface area contributed by atoms with Crippen molar-refractivity contribution in [2.45, 2.75) is 25.5 Å². The summed E-state index contributed by atoms with van der Waals surface area (Å²) in [6.07, 6.45) is -15.3. The third kappa shape index (κ3) is 6.12. The number of amides is 2. The van der Waals surface area contributed by atoms with Gasteiger partial charge in [0.1, 0.15) is 0 Å². The van der Waals surface area contributed by atoms with Crippen molar-refractivity contribution >= 4 is 23.2 Å². The molecule has 0 aliphatic rings. The van der Waals surface area contributed by atoms with Gasteiger partial charge in [0.15, 0.2) is 0 Å². The second-order valence-corrected chi connectivity index (χ2v) is 6.19. The molecule has 4 nitrogen and oxygen atoms in total. The third-order valence-electron chi connectivity index (χ3n) is 3.76. The molecule has 31 heavy (non-hydrogen) atoms. The molecule has 0 aliphatic heterocycles. The molecule has 13 heteroatoms. The van der Waals surface area contributed by atoms with Gasteiger partial charge in [-0.15, -0.1) is 0 Å². The number of carbonyl (C=O) groups excluding carboxylic acids is 2. The Hall–Kier alpha value is -3.25. The van der Waals surface area contributed by atoms with Gasteiger partial charge in [-0.2, -0.15) is 39.5 Å². The smallest absolute Gasteiger partial charge is 0.325 e. The molecule has 0 atom stereocenters. The van der Waals surface area contributed by atoms with Crippen molar-refractivity contribution in [3.05, 3.63) is 58.7 Å². The Morgan fingerprint density at radius 1 is 0.645 bits per heavy atom. The lowest BCUT2D eigenvalue weighted by atomic mass is 10.0. The van der Waals surface area contributed by atoms with E-state index in [0.717, 1.165) is 13.0 Å². The summed E-state index contributed by atoms with van der Waals surface area (Å²) in [5.41, 5.74) is -6.97. The minimum Gasteiger partial charge on any atom is -0.325 e. The van der Waals surface area contributed by atoms with E-state index in [0.29, 0.717) is 12.1 Å². The molecule has 0 fully saturated rings. The topological polar surface area (TPSA) is 58.2 Å². The number of carbonyl (C=O) groups is 2. The Kier molecular flexibility index (Phi) is 6.29. The summed E-state index contributed by atoms with van der Waals surface area (Å²) in [5.74, 6) is -2.31. The van der Waals surface area contributed by atoms with E-state index >= 15 is 0 Å². The van der Waals surface area contributed by atoms with Gasteiger partial charge in [0.05, 0.1) is 28.1 Å². The molecule has 2 rings (SSSR count). The van der Waals surface area contributed by atoms with E-state index in [9.17, 15) is 49.1 Å². The average Bonchev–Trinajstić information content (AvgIpc) is 2.60. The quantitative estimate of drug-likeness (QED) is 0.559. The second kappa shape index (κ2) is 8.12. The number of nitrogens with one attached hydrogen (secondary N) is 2. The highest BCUT2D eigenvalue weighted by Crippen LogP contribution is 2.37. The van der Waals surface area contributed by atoms with Crippen LogP contribution in [0.15, 0.2) is 36.4 Å². The lowest BCUT2D eigenvalue weighted by Crippen LogP contribution is -2.19. The van der Waals surface area contributed by atoms with Crippen molar-refractivity contribution < 1.29 is 49.1 Å². The normalized spacial score (nSPS) is 12.5. The van der Waals surface area contributed by atoms with Crippen LogP contribution in [0, 0.1) is 0 Å². The van der Waals surface area contributed by atoms with E-state index in [-0.39, 0.29) is 23.9 Å². The SMILES string of the molecule is CC(=O)Nc1ccc(C(F)(F)F)cc1NC(=O)c1cc(C(F)(F)F)cc(C(F)(F)F)c1. The second-order valence-electron chi connectivity index (χ2n) is 6.19. The summed E-state index contributed by atoms with van der Waals surface area (Å²) in [7, 11) is 0. The van der Waals surface area contributed by atoms with E-state index in [2.05, 4.69) is 5.32 Å². The van der Waals surface area contributed by atoms with Gasteiger partial charge in [-0.25, -0.2) is 0 Å². The maximum atomic E-state index is 12.9. The molecule has 2 N–H and O–H groups in total. The van der Waals surface area contributed by atoms with E-state index < -0.39 is 58.3 Å². The van der Waals surface area contributed by atoms with Crippen LogP contribution in [-0.2, 0) is 23.3 Å². The number of alkyl halides is 9.